The summed E-state index contributed by atoms with van der Waals surface area (Å²) < 4.78 is 0. The largest absolute Gasteiger partial charge is 0.479 e. The van der Waals surface area contributed by atoms with Crippen molar-refractivity contribution in [3.05, 3.63) is 24.3 Å². The SMILES string of the molecule is CCC/C=C/C=C/[C@@H]1C[C@H](O)[C@H](O)[C@@]1(O)C(=O)O. The third kappa shape index (κ3) is 2.80. The van der Waals surface area contributed by atoms with Crippen LogP contribution in [0, 0.1) is 5.92 Å². The number of hydrogen-bond donors (Lipinski definition) is 4. The summed E-state index contributed by atoms with van der Waals surface area (Å²) in [6.07, 6.45) is 5.93. The highest BCUT2D eigenvalue weighted by molar-refractivity contribution is 5.79. The van der Waals surface area contributed by atoms with Crippen molar-refractivity contribution in [2.75, 3.05) is 0 Å². The van der Waals surface area contributed by atoms with E-state index >= 15 is 0 Å². The van der Waals surface area contributed by atoms with E-state index in [1.165, 1.54) is 6.08 Å². The average Bonchev–Trinajstić information content (AvgIpc) is 2.55. The van der Waals surface area contributed by atoms with Gasteiger partial charge in [0.25, 0.3) is 0 Å². The smallest absolute Gasteiger partial charge is 0.339 e. The number of allylic oxidation sites excluding steroid dienone is 3. The monoisotopic (exact) mass is 256 g/mol. The van der Waals surface area contributed by atoms with E-state index in [2.05, 4.69) is 0 Å². The minimum Gasteiger partial charge on any atom is -0.479 e. The van der Waals surface area contributed by atoms with Gasteiger partial charge in [-0.05, 0) is 12.8 Å². The average molecular weight is 256 g/mol. The summed E-state index contributed by atoms with van der Waals surface area (Å²) in [7, 11) is 0. The molecular formula is C13H20O5. The van der Waals surface area contributed by atoms with Crippen LogP contribution < -0.4 is 0 Å². The van der Waals surface area contributed by atoms with Gasteiger partial charge in [0.1, 0.15) is 6.10 Å². The van der Waals surface area contributed by atoms with Gasteiger partial charge in [0, 0.05) is 5.92 Å². The van der Waals surface area contributed by atoms with Crippen molar-refractivity contribution in [1.29, 1.82) is 0 Å². The third-order valence-electron chi connectivity index (χ3n) is 3.26. The molecular weight excluding hydrogens is 236 g/mol. The predicted molar refractivity (Wildman–Crippen MR) is 65.9 cm³/mol. The molecule has 102 valence electrons. The fourth-order valence-electron chi connectivity index (χ4n) is 2.13. The van der Waals surface area contributed by atoms with Gasteiger partial charge < -0.3 is 20.4 Å². The van der Waals surface area contributed by atoms with E-state index in [4.69, 9.17) is 5.11 Å². The summed E-state index contributed by atoms with van der Waals surface area (Å²) >= 11 is 0. The second-order valence-electron chi connectivity index (χ2n) is 4.59. The van der Waals surface area contributed by atoms with Crippen molar-refractivity contribution in [2.24, 2.45) is 5.92 Å². The molecule has 0 bridgehead atoms. The van der Waals surface area contributed by atoms with Crippen LogP contribution in [0.5, 0.6) is 0 Å². The molecule has 0 unspecified atom stereocenters. The quantitative estimate of drug-likeness (QED) is 0.536. The van der Waals surface area contributed by atoms with E-state index in [1.54, 1.807) is 12.2 Å². The molecule has 4 N–H and O–H groups in total. The zero-order chi connectivity index (χ0) is 13.8. The Morgan fingerprint density at radius 2 is 2.06 bits per heavy atom. The van der Waals surface area contributed by atoms with Gasteiger partial charge in [-0.2, -0.15) is 0 Å². The van der Waals surface area contributed by atoms with E-state index < -0.39 is 29.7 Å². The molecule has 1 rings (SSSR count). The van der Waals surface area contributed by atoms with Gasteiger partial charge in [-0.25, -0.2) is 4.79 Å². The number of carboxylic acid groups (broad SMARTS) is 1. The lowest BCUT2D eigenvalue weighted by atomic mass is 9.89. The van der Waals surface area contributed by atoms with Crippen LogP contribution >= 0.6 is 0 Å². The maximum absolute atomic E-state index is 11.1. The van der Waals surface area contributed by atoms with Crippen LogP contribution in [-0.4, -0.2) is 44.2 Å². The molecule has 0 aromatic rings. The molecule has 0 aliphatic heterocycles. The maximum Gasteiger partial charge on any atom is 0.339 e. The summed E-state index contributed by atoms with van der Waals surface area (Å²) in [6.45, 7) is 2.04. The molecule has 1 saturated carbocycles. The lowest BCUT2D eigenvalue weighted by molar-refractivity contribution is -0.175. The Hall–Kier alpha value is -1.17. The molecule has 1 aliphatic carbocycles. The van der Waals surface area contributed by atoms with Crippen LogP contribution in [0.1, 0.15) is 26.2 Å². The Labute approximate surface area is 106 Å². The normalized spacial score (nSPS) is 36.8. The predicted octanol–water partition coefficient (Wildman–Crippen LogP) is 0.456. The minimum absolute atomic E-state index is 0.0298. The number of aliphatic hydroxyl groups is 3. The van der Waals surface area contributed by atoms with Crippen molar-refractivity contribution < 1.29 is 25.2 Å². The van der Waals surface area contributed by atoms with Gasteiger partial charge in [-0.15, -0.1) is 0 Å². The Kier molecular flexibility index (Phi) is 5.07. The number of rotatable bonds is 5. The van der Waals surface area contributed by atoms with E-state index in [9.17, 15) is 20.1 Å². The van der Waals surface area contributed by atoms with E-state index in [-0.39, 0.29) is 6.42 Å². The van der Waals surface area contributed by atoms with E-state index in [0.29, 0.717) is 0 Å². The summed E-state index contributed by atoms with van der Waals surface area (Å²) in [4.78, 5) is 11.1. The highest BCUT2D eigenvalue weighted by Gasteiger charge is 2.57. The molecule has 0 amide bonds. The van der Waals surface area contributed by atoms with E-state index in [0.717, 1.165) is 12.8 Å². The summed E-state index contributed by atoms with van der Waals surface area (Å²) in [5, 5.41) is 38.0. The molecule has 0 aromatic heterocycles. The summed E-state index contributed by atoms with van der Waals surface area (Å²) in [6, 6.07) is 0. The third-order valence-corrected chi connectivity index (χ3v) is 3.26. The zero-order valence-electron chi connectivity index (χ0n) is 10.4. The number of unbranched alkanes of at least 4 members (excludes halogenated alkanes) is 1. The fraction of sp³-hybridized carbons (Fsp3) is 0.615. The highest BCUT2D eigenvalue weighted by atomic mass is 16.4. The highest BCUT2D eigenvalue weighted by Crippen LogP contribution is 2.37. The van der Waals surface area contributed by atoms with E-state index in [1.807, 2.05) is 13.0 Å². The van der Waals surface area contributed by atoms with Crippen molar-refractivity contribution in [1.82, 2.24) is 0 Å². The molecule has 0 aromatic carbocycles. The van der Waals surface area contributed by atoms with Crippen LogP contribution in [0.3, 0.4) is 0 Å². The van der Waals surface area contributed by atoms with Crippen LogP contribution in [-0.2, 0) is 4.79 Å². The van der Waals surface area contributed by atoms with Gasteiger partial charge >= 0.3 is 5.97 Å². The lowest BCUT2D eigenvalue weighted by Crippen LogP contribution is -2.52. The Morgan fingerprint density at radius 3 is 2.61 bits per heavy atom. The Morgan fingerprint density at radius 1 is 1.39 bits per heavy atom. The topological polar surface area (TPSA) is 98.0 Å². The molecule has 0 spiro atoms. The molecule has 0 radical (unpaired) electrons. The van der Waals surface area contributed by atoms with Gasteiger partial charge in [0.2, 0.25) is 0 Å². The van der Waals surface area contributed by atoms with Crippen LogP contribution in [0.4, 0.5) is 0 Å². The fourth-order valence-corrected chi connectivity index (χ4v) is 2.13. The number of carbonyl (C=O) groups is 1. The second kappa shape index (κ2) is 6.13. The molecule has 18 heavy (non-hydrogen) atoms. The first kappa shape index (κ1) is 14.9. The van der Waals surface area contributed by atoms with Gasteiger partial charge in [0.15, 0.2) is 5.60 Å². The summed E-state index contributed by atoms with van der Waals surface area (Å²) in [5.74, 6) is -2.31. The Balaban J connectivity index is 2.78. The number of aliphatic hydroxyl groups excluding tert-OH is 2. The van der Waals surface area contributed by atoms with Gasteiger partial charge in [-0.1, -0.05) is 37.6 Å². The number of aliphatic carboxylic acids is 1. The van der Waals surface area contributed by atoms with Crippen molar-refractivity contribution in [3.8, 4) is 0 Å². The lowest BCUT2D eigenvalue weighted by Gasteiger charge is -2.26. The van der Waals surface area contributed by atoms with Gasteiger partial charge in [0.05, 0.1) is 6.10 Å². The molecule has 1 fully saturated rings. The first-order valence-electron chi connectivity index (χ1n) is 6.09. The van der Waals surface area contributed by atoms with Crippen LogP contribution in [0.25, 0.3) is 0 Å². The molecule has 0 saturated heterocycles. The zero-order valence-corrected chi connectivity index (χ0v) is 10.4. The number of hydrogen-bond acceptors (Lipinski definition) is 4. The first-order chi connectivity index (χ1) is 8.44. The minimum atomic E-state index is -2.31. The molecule has 5 nitrogen and oxygen atoms in total. The second-order valence-corrected chi connectivity index (χ2v) is 4.59. The number of carboxylic acids is 1. The maximum atomic E-state index is 11.1. The van der Waals surface area contributed by atoms with Crippen molar-refractivity contribution in [2.45, 2.75) is 44.0 Å². The van der Waals surface area contributed by atoms with Crippen molar-refractivity contribution in [3.63, 3.8) is 0 Å². The molecule has 4 atom stereocenters. The van der Waals surface area contributed by atoms with Gasteiger partial charge in [-0.3, -0.25) is 0 Å². The van der Waals surface area contributed by atoms with Crippen LogP contribution in [0.2, 0.25) is 0 Å². The van der Waals surface area contributed by atoms with Crippen molar-refractivity contribution >= 4 is 5.97 Å². The summed E-state index contributed by atoms with van der Waals surface area (Å²) in [5.41, 5.74) is -2.31. The Bertz CT molecular complexity index is 349. The molecule has 1 aliphatic rings. The molecule has 5 heteroatoms. The standard InChI is InChI=1S/C13H20O5/c1-2-3-4-5-6-7-9-8-10(14)11(15)13(9,18)12(16)17/h4-7,9-11,14-15,18H,2-3,8H2,1H3,(H,16,17)/b5-4+,7-6+/t9-,10+,11+,13-/m1/s1. The van der Waals surface area contributed by atoms with Crippen LogP contribution in [0.15, 0.2) is 24.3 Å². The molecule has 0 heterocycles. The first-order valence-corrected chi connectivity index (χ1v) is 6.09.